The topological polar surface area (TPSA) is 74.2 Å². The predicted octanol–water partition coefficient (Wildman–Crippen LogP) is 2.74. The van der Waals surface area contributed by atoms with Crippen LogP contribution < -0.4 is 10.5 Å². The molecule has 0 aliphatic carbocycles. The van der Waals surface area contributed by atoms with Crippen LogP contribution in [0.3, 0.4) is 0 Å². The molecule has 0 aliphatic rings. The summed E-state index contributed by atoms with van der Waals surface area (Å²) in [5.74, 6) is 0.738. The first kappa shape index (κ1) is 13.0. The lowest BCUT2D eigenvalue weighted by molar-refractivity contribution is 0.268. The fourth-order valence-corrected chi connectivity index (χ4v) is 1.88. The SMILES string of the molecule is Cc1nonc1COc1cc(Br)ccc1C(C)N. The lowest BCUT2D eigenvalue weighted by Crippen LogP contribution is -2.08. The van der Waals surface area contributed by atoms with Crippen molar-refractivity contribution in [3.05, 3.63) is 39.6 Å². The molecule has 0 saturated carbocycles. The molecule has 0 bridgehead atoms. The summed E-state index contributed by atoms with van der Waals surface area (Å²) in [5.41, 5.74) is 8.27. The molecule has 1 unspecified atom stereocenters. The van der Waals surface area contributed by atoms with Crippen molar-refractivity contribution in [3.63, 3.8) is 0 Å². The highest BCUT2D eigenvalue weighted by Crippen LogP contribution is 2.28. The highest BCUT2D eigenvalue weighted by molar-refractivity contribution is 9.10. The molecule has 1 heterocycles. The van der Waals surface area contributed by atoms with Crippen LogP contribution in [0.4, 0.5) is 0 Å². The van der Waals surface area contributed by atoms with E-state index in [1.165, 1.54) is 0 Å². The minimum absolute atomic E-state index is 0.0929. The van der Waals surface area contributed by atoms with Gasteiger partial charge < -0.3 is 10.5 Å². The molecule has 18 heavy (non-hydrogen) atoms. The van der Waals surface area contributed by atoms with Gasteiger partial charge in [-0.05, 0) is 26.0 Å². The Labute approximate surface area is 113 Å². The van der Waals surface area contributed by atoms with Gasteiger partial charge in [0.25, 0.3) is 0 Å². The number of aryl methyl sites for hydroxylation is 1. The number of nitrogens with zero attached hydrogens (tertiary/aromatic N) is 2. The molecule has 0 fully saturated rings. The molecule has 2 N–H and O–H groups in total. The Hall–Kier alpha value is -1.40. The third-order valence-corrected chi connectivity index (χ3v) is 3.07. The van der Waals surface area contributed by atoms with Crippen LogP contribution in [-0.4, -0.2) is 10.3 Å². The second-order valence-corrected chi connectivity index (χ2v) is 4.97. The van der Waals surface area contributed by atoms with Crippen molar-refractivity contribution in [3.8, 4) is 5.75 Å². The van der Waals surface area contributed by atoms with Crippen LogP contribution >= 0.6 is 15.9 Å². The van der Waals surface area contributed by atoms with Gasteiger partial charge in [-0.3, -0.25) is 0 Å². The number of ether oxygens (including phenoxy) is 1. The van der Waals surface area contributed by atoms with Crippen molar-refractivity contribution in [2.75, 3.05) is 0 Å². The quantitative estimate of drug-likeness (QED) is 0.939. The Morgan fingerprint density at radius 1 is 1.44 bits per heavy atom. The molecule has 0 aliphatic heterocycles. The zero-order valence-corrected chi connectivity index (χ0v) is 11.8. The number of benzene rings is 1. The van der Waals surface area contributed by atoms with Gasteiger partial charge in [-0.15, -0.1) is 0 Å². The van der Waals surface area contributed by atoms with Crippen molar-refractivity contribution in [2.45, 2.75) is 26.5 Å². The Morgan fingerprint density at radius 3 is 2.83 bits per heavy atom. The van der Waals surface area contributed by atoms with Crippen molar-refractivity contribution in [1.29, 1.82) is 0 Å². The number of rotatable bonds is 4. The highest BCUT2D eigenvalue weighted by Gasteiger charge is 2.11. The third-order valence-electron chi connectivity index (χ3n) is 2.58. The third kappa shape index (κ3) is 2.88. The van der Waals surface area contributed by atoms with Gasteiger partial charge in [-0.25, -0.2) is 4.63 Å². The molecular formula is C12H14BrN3O2. The van der Waals surface area contributed by atoms with Crippen LogP contribution in [0.15, 0.2) is 27.3 Å². The first-order chi connectivity index (χ1) is 8.58. The first-order valence-electron chi connectivity index (χ1n) is 5.54. The summed E-state index contributed by atoms with van der Waals surface area (Å²) in [7, 11) is 0. The number of nitrogens with two attached hydrogens (primary N) is 1. The molecule has 96 valence electrons. The maximum Gasteiger partial charge on any atom is 0.145 e. The van der Waals surface area contributed by atoms with Gasteiger partial charge >= 0.3 is 0 Å². The van der Waals surface area contributed by atoms with E-state index in [-0.39, 0.29) is 6.04 Å². The van der Waals surface area contributed by atoms with Gasteiger partial charge in [-0.2, -0.15) is 0 Å². The molecule has 0 amide bonds. The predicted molar refractivity (Wildman–Crippen MR) is 70.1 cm³/mol. The van der Waals surface area contributed by atoms with E-state index in [4.69, 9.17) is 10.5 Å². The fraction of sp³-hybridized carbons (Fsp3) is 0.333. The minimum atomic E-state index is -0.0929. The van der Waals surface area contributed by atoms with Gasteiger partial charge in [0.1, 0.15) is 23.7 Å². The zero-order chi connectivity index (χ0) is 13.1. The van der Waals surface area contributed by atoms with Crippen molar-refractivity contribution >= 4 is 15.9 Å². The molecule has 1 aromatic heterocycles. The first-order valence-corrected chi connectivity index (χ1v) is 6.33. The Bertz CT molecular complexity index is 540. The summed E-state index contributed by atoms with van der Waals surface area (Å²) in [4.78, 5) is 0. The van der Waals surface area contributed by atoms with E-state index in [2.05, 4.69) is 30.9 Å². The molecule has 2 aromatic rings. The second-order valence-electron chi connectivity index (χ2n) is 4.06. The summed E-state index contributed by atoms with van der Waals surface area (Å²) < 4.78 is 11.3. The average molecular weight is 312 g/mol. The lowest BCUT2D eigenvalue weighted by Gasteiger charge is -2.13. The maximum absolute atomic E-state index is 5.90. The van der Waals surface area contributed by atoms with E-state index >= 15 is 0 Å². The van der Waals surface area contributed by atoms with Gasteiger partial charge in [-0.1, -0.05) is 32.3 Å². The Kier molecular flexibility index (Phi) is 3.98. The smallest absolute Gasteiger partial charge is 0.145 e. The molecular weight excluding hydrogens is 298 g/mol. The number of aromatic nitrogens is 2. The van der Waals surface area contributed by atoms with E-state index in [0.29, 0.717) is 12.3 Å². The number of hydrogen-bond donors (Lipinski definition) is 1. The second kappa shape index (κ2) is 5.49. The summed E-state index contributed by atoms with van der Waals surface area (Å²) in [6.07, 6.45) is 0. The average Bonchev–Trinajstić information content (AvgIpc) is 2.72. The van der Waals surface area contributed by atoms with E-state index in [0.717, 1.165) is 21.5 Å². The minimum Gasteiger partial charge on any atom is -0.487 e. The molecule has 1 atom stereocenters. The van der Waals surface area contributed by atoms with E-state index < -0.39 is 0 Å². The summed E-state index contributed by atoms with van der Waals surface area (Å²) in [5, 5.41) is 7.48. The summed E-state index contributed by atoms with van der Waals surface area (Å²) >= 11 is 3.41. The zero-order valence-electron chi connectivity index (χ0n) is 10.2. The molecule has 2 rings (SSSR count). The van der Waals surface area contributed by atoms with Gasteiger partial charge in [0.2, 0.25) is 0 Å². The largest absolute Gasteiger partial charge is 0.487 e. The highest BCUT2D eigenvalue weighted by atomic mass is 79.9. The molecule has 1 aromatic carbocycles. The molecule has 5 nitrogen and oxygen atoms in total. The van der Waals surface area contributed by atoms with Crippen LogP contribution in [0.5, 0.6) is 5.75 Å². The molecule has 0 saturated heterocycles. The van der Waals surface area contributed by atoms with Crippen LogP contribution in [0.1, 0.15) is 29.9 Å². The van der Waals surface area contributed by atoms with Gasteiger partial charge in [0.15, 0.2) is 0 Å². The van der Waals surface area contributed by atoms with Crippen LogP contribution in [-0.2, 0) is 6.61 Å². The lowest BCUT2D eigenvalue weighted by atomic mass is 10.1. The van der Waals surface area contributed by atoms with Crippen LogP contribution in [0.25, 0.3) is 0 Å². The summed E-state index contributed by atoms with van der Waals surface area (Å²) in [6.45, 7) is 4.05. The molecule has 0 radical (unpaired) electrons. The van der Waals surface area contributed by atoms with Crippen molar-refractivity contribution in [1.82, 2.24) is 10.3 Å². The van der Waals surface area contributed by atoms with E-state index in [9.17, 15) is 0 Å². The number of halogens is 1. The van der Waals surface area contributed by atoms with E-state index in [1.807, 2.05) is 32.0 Å². The fourth-order valence-electron chi connectivity index (χ4n) is 1.54. The monoisotopic (exact) mass is 311 g/mol. The Morgan fingerprint density at radius 2 is 2.22 bits per heavy atom. The van der Waals surface area contributed by atoms with Gasteiger partial charge in [0.05, 0.1) is 0 Å². The van der Waals surface area contributed by atoms with Crippen LogP contribution in [0.2, 0.25) is 0 Å². The standard InChI is InChI=1S/C12H14BrN3O2/c1-7(14)10-4-3-9(13)5-12(10)17-6-11-8(2)15-18-16-11/h3-5,7H,6,14H2,1-2H3. The van der Waals surface area contributed by atoms with Crippen LogP contribution in [0, 0.1) is 6.92 Å². The van der Waals surface area contributed by atoms with E-state index in [1.54, 1.807) is 0 Å². The van der Waals surface area contributed by atoms with Crippen molar-refractivity contribution < 1.29 is 9.37 Å². The molecule has 6 heteroatoms. The number of hydrogen-bond acceptors (Lipinski definition) is 5. The molecule has 0 spiro atoms. The normalized spacial score (nSPS) is 12.4. The Balaban J connectivity index is 2.18. The van der Waals surface area contributed by atoms with Crippen molar-refractivity contribution in [2.24, 2.45) is 5.73 Å². The maximum atomic E-state index is 5.90. The van der Waals surface area contributed by atoms with Gasteiger partial charge in [0, 0.05) is 16.1 Å². The summed E-state index contributed by atoms with van der Waals surface area (Å²) in [6, 6.07) is 5.68.